The Morgan fingerprint density at radius 1 is 1.00 bits per heavy atom. The number of carbonyl (C=O) groups excluding carboxylic acids is 1. The molecule has 3 aromatic rings. The van der Waals surface area contributed by atoms with Crippen LogP contribution in [-0.4, -0.2) is 20.4 Å². The molecule has 0 aliphatic rings. The molecule has 0 fully saturated rings. The van der Waals surface area contributed by atoms with Gasteiger partial charge in [0.2, 0.25) is 10.0 Å². The second-order valence-electron chi connectivity index (χ2n) is 8.21. The molecule has 0 bridgehead atoms. The zero-order valence-electron chi connectivity index (χ0n) is 19.4. The first-order valence-electron chi connectivity index (χ1n) is 11.0. The van der Waals surface area contributed by atoms with Gasteiger partial charge in [0.15, 0.2) is 6.10 Å². The van der Waals surface area contributed by atoms with Crippen LogP contribution in [0.3, 0.4) is 0 Å². The zero-order chi connectivity index (χ0) is 25.4. The SMILES string of the molecule is CC(C)C(Oc1ccccc1C#N)C(=O)NCc1cccc(S(=O)(=O)NCc2cccc(F)c2)c1. The van der Waals surface area contributed by atoms with Crippen molar-refractivity contribution in [2.75, 3.05) is 0 Å². The van der Waals surface area contributed by atoms with Gasteiger partial charge in [0.1, 0.15) is 17.6 Å². The van der Waals surface area contributed by atoms with E-state index in [-0.39, 0.29) is 29.8 Å². The molecule has 0 aromatic heterocycles. The Morgan fingerprint density at radius 3 is 2.37 bits per heavy atom. The van der Waals surface area contributed by atoms with Crippen LogP contribution in [0.5, 0.6) is 5.75 Å². The summed E-state index contributed by atoms with van der Waals surface area (Å²) in [5.41, 5.74) is 1.40. The zero-order valence-corrected chi connectivity index (χ0v) is 20.2. The van der Waals surface area contributed by atoms with Crippen LogP contribution >= 0.6 is 0 Å². The highest BCUT2D eigenvalue weighted by molar-refractivity contribution is 7.89. The van der Waals surface area contributed by atoms with Crippen molar-refractivity contribution in [2.24, 2.45) is 5.92 Å². The van der Waals surface area contributed by atoms with Gasteiger partial charge in [-0.25, -0.2) is 17.5 Å². The molecule has 0 saturated heterocycles. The molecule has 3 rings (SSSR count). The number of hydrogen-bond acceptors (Lipinski definition) is 5. The number of nitrogens with one attached hydrogen (secondary N) is 2. The highest BCUT2D eigenvalue weighted by atomic mass is 32.2. The first kappa shape index (κ1) is 25.9. The molecule has 1 amide bonds. The van der Waals surface area contributed by atoms with Gasteiger partial charge >= 0.3 is 0 Å². The smallest absolute Gasteiger partial charge is 0.261 e. The second kappa shape index (κ2) is 11.6. The molecule has 9 heteroatoms. The molecule has 1 unspecified atom stereocenters. The lowest BCUT2D eigenvalue weighted by atomic mass is 10.1. The van der Waals surface area contributed by atoms with Crippen LogP contribution in [0.15, 0.2) is 77.7 Å². The number of ether oxygens (including phenoxy) is 1. The minimum absolute atomic E-state index is 0.0280. The average molecular weight is 496 g/mol. The van der Waals surface area contributed by atoms with Gasteiger partial charge in [-0.1, -0.05) is 50.2 Å². The van der Waals surface area contributed by atoms with Crippen molar-refractivity contribution in [2.45, 2.75) is 37.9 Å². The third kappa shape index (κ3) is 7.12. The summed E-state index contributed by atoms with van der Waals surface area (Å²) < 4.78 is 47.0. The van der Waals surface area contributed by atoms with Crippen molar-refractivity contribution in [3.63, 3.8) is 0 Å². The Kier molecular flexibility index (Phi) is 8.58. The van der Waals surface area contributed by atoms with E-state index in [1.807, 2.05) is 19.9 Å². The van der Waals surface area contributed by atoms with E-state index in [1.54, 1.807) is 42.5 Å². The first-order chi connectivity index (χ1) is 16.7. The normalized spacial score (nSPS) is 12.1. The number of halogens is 1. The van der Waals surface area contributed by atoms with Crippen molar-refractivity contribution in [3.05, 3.63) is 95.3 Å². The number of sulfonamides is 1. The minimum atomic E-state index is -3.85. The van der Waals surface area contributed by atoms with Crippen molar-refractivity contribution in [1.29, 1.82) is 5.26 Å². The van der Waals surface area contributed by atoms with Gasteiger partial charge in [-0.05, 0) is 53.4 Å². The molecule has 0 aliphatic carbocycles. The van der Waals surface area contributed by atoms with Gasteiger partial charge in [0.05, 0.1) is 10.5 Å². The molecular weight excluding hydrogens is 469 g/mol. The minimum Gasteiger partial charge on any atom is -0.479 e. The van der Waals surface area contributed by atoms with Crippen LogP contribution in [0.4, 0.5) is 4.39 Å². The fourth-order valence-corrected chi connectivity index (χ4v) is 4.40. The maximum atomic E-state index is 13.3. The lowest BCUT2D eigenvalue weighted by molar-refractivity contribution is -0.130. The lowest BCUT2D eigenvalue weighted by Crippen LogP contribution is -2.41. The summed E-state index contributed by atoms with van der Waals surface area (Å²) in [5.74, 6) is -0.689. The van der Waals surface area contributed by atoms with Crippen LogP contribution in [0.2, 0.25) is 0 Å². The Balaban J connectivity index is 1.66. The van der Waals surface area contributed by atoms with Gasteiger partial charge in [-0.3, -0.25) is 4.79 Å². The molecule has 0 spiro atoms. The maximum absolute atomic E-state index is 13.3. The summed E-state index contributed by atoms with van der Waals surface area (Å²) in [5, 5.41) is 12.0. The third-order valence-electron chi connectivity index (χ3n) is 5.16. The number of hydrogen-bond donors (Lipinski definition) is 2. The Hall–Kier alpha value is -3.74. The van der Waals surface area contributed by atoms with Gasteiger partial charge in [0.25, 0.3) is 5.91 Å². The predicted molar refractivity (Wildman–Crippen MR) is 129 cm³/mol. The molecule has 0 saturated carbocycles. The van der Waals surface area contributed by atoms with Gasteiger partial charge in [-0.2, -0.15) is 5.26 Å². The quantitative estimate of drug-likeness (QED) is 0.444. The van der Waals surface area contributed by atoms with E-state index in [2.05, 4.69) is 10.0 Å². The predicted octanol–water partition coefficient (Wildman–Crippen LogP) is 3.90. The van der Waals surface area contributed by atoms with E-state index < -0.39 is 21.9 Å². The highest BCUT2D eigenvalue weighted by Gasteiger charge is 2.25. The number of benzene rings is 3. The summed E-state index contributed by atoms with van der Waals surface area (Å²) in [4.78, 5) is 12.9. The van der Waals surface area contributed by atoms with E-state index in [0.29, 0.717) is 22.4 Å². The topological polar surface area (TPSA) is 108 Å². The standard InChI is InChI=1S/C26H26FN3O4S/c1-18(2)25(34-24-12-4-3-9-21(24)15-28)26(31)29-16-20-8-6-11-23(14-20)35(32,33)30-17-19-7-5-10-22(27)13-19/h3-14,18,25,30H,16-17H2,1-2H3,(H,29,31). The summed E-state index contributed by atoms with van der Waals surface area (Å²) in [6, 6.07) is 20.6. The van der Waals surface area contributed by atoms with Crippen LogP contribution in [-0.2, 0) is 27.9 Å². The fourth-order valence-electron chi connectivity index (χ4n) is 3.31. The molecule has 7 nitrogen and oxygen atoms in total. The van der Waals surface area contributed by atoms with Gasteiger partial charge < -0.3 is 10.1 Å². The lowest BCUT2D eigenvalue weighted by Gasteiger charge is -2.22. The highest BCUT2D eigenvalue weighted by Crippen LogP contribution is 2.21. The van der Waals surface area contributed by atoms with E-state index in [4.69, 9.17) is 4.74 Å². The van der Waals surface area contributed by atoms with E-state index in [1.165, 1.54) is 30.3 Å². The molecule has 0 radical (unpaired) electrons. The number of para-hydroxylation sites is 1. The van der Waals surface area contributed by atoms with Gasteiger partial charge in [-0.15, -0.1) is 0 Å². The van der Waals surface area contributed by atoms with Crippen LogP contribution in [0.1, 0.15) is 30.5 Å². The first-order valence-corrected chi connectivity index (χ1v) is 12.4. The Bertz CT molecular complexity index is 1340. The van der Waals surface area contributed by atoms with Gasteiger partial charge in [0, 0.05) is 13.1 Å². The number of nitrogens with zero attached hydrogens (tertiary/aromatic N) is 1. The molecule has 2 N–H and O–H groups in total. The van der Waals surface area contributed by atoms with E-state index in [0.717, 1.165) is 0 Å². The number of carbonyl (C=O) groups is 1. The summed E-state index contributed by atoms with van der Waals surface area (Å²) in [6.45, 7) is 3.69. The Labute approximate surface area is 204 Å². The molecule has 1 atom stereocenters. The molecule has 35 heavy (non-hydrogen) atoms. The van der Waals surface area contributed by atoms with Crippen molar-refractivity contribution < 1.29 is 22.3 Å². The van der Waals surface area contributed by atoms with Crippen molar-refractivity contribution in [3.8, 4) is 11.8 Å². The van der Waals surface area contributed by atoms with Crippen LogP contribution in [0, 0.1) is 23.1 Å². The van der Waals surface area contributed by atoms with Crippen LogP contribution < -0.4 is 14.8 Å². The number of rotatable bonds is 10. The van der Waals surface area contributed by atoms with E-state index >= 15 is 0 Å². The molecule has 0 aliphatic heterocycles. The average Bonchev–Trinajstić information content (AvgIpc) is 2.85. The largest absolute Gasteiger partial charge is 0.479 e. The molecule has 3 aromatic carbocycles. The summed E-state index contributed by atoms with van der Waals surface area (Å²) in [7, 11) is -3.85. The van der Waals surface area contributed by atoms with Crippen LogP contribution in [0.25, 0.3) is 0 Å². The maximum Gasteiger partial charge on any atom is 0.261 e. The Morgan fingerprint density at radius 2 is 1.69 bits per heavy atom. The third-order valence-corrected chi connectivity index (χ3v) is 6.56. The number of nitriles is 1. The number of amides is 1. The fraction of sp³-hybridized carbons (Fsp3) is 0.231. The molecule has 182 valence electrons. The molecular formula is C26H26FN3O4S. The summed E-state index contributed by atoms with van der Waals surface area (Å²) >= 11 is 0. The van der Waals surface area contributed by atoms with Crippen molar-refractivity contribution in [1.82, 2.24) is 10.0 Å². The molecule has 0 heterocycles. The summed E-state index contributed by atoms with van der Waals surface area (Å²) in [6.07, 6.45) is -0.843. The monoisotopic (exact) mass is 495 g/mol. The van der Waals surface area contributed by atoms with Crippen molar-refractivity contribution >= 4 is 15.9 Å². The second-order valence-corrected chi connectivity index (χ2v) is 9.98. The van der Waals surface area contributed by atoms with E-state index in [9.17, 15) is 22.9 Å².